The Morgan fingerprint density at radius 2 is 2.25 bits per heavy atom. The fraction of sp³-hybridized carbons (Fsp3) is 0.467. The van der Waals surface area contributed by atoms with E-state index in [0.717, 1.165) is 32.5 Å². The maximum atomic E-state index is 10.9. The number of nitro groups is 1. The highest BCUT2D eigenvalue weighted by Gasteiger charge is 2.21. The highest BCUT2D eigenvalue weighted by molar-refractivity contribution is 5.60. The Bertz CT molecular complexity index is 488. The number of nitrogens with one attached hydrogen (secondary N) is 1. The van der Waals surface area contributed by atoms with Crippen LogP contribution in [0.1, 0.15) is 18.4 Å². The monoisotopic (exact) mass is 277 g/mol. The molecule has 0 aromatic heterocycles. The smallest absolute Gasteiger partial charge is 0.276 e. The van der Waals surface area contributed by atoms with E-state index >= 15 is 0 Å². The molecule has 0 radical (unpaired) electrons. The Morgan fingerprint density at radius 3 is 3.00 bits per heavy atom. The fourth-order valence-electron chi connectivity index (χ4n) is 2.74. The number of hydrogen-bond donors (Lipinski definition) is 2. The van der Waals surface area contributed by atoms with E-state index in [-0.39, 0.29) is 17.2 Å². The van der Waals surface area contributed by atoms with E-state index in [1.165, 1.54) is 11.0 Å². The zero-order valence-electron chi connectivity index (χ0n) is 11.5. The van der Waals surface area contributed by atoms with Crippen LogP contribution in [0.5, 0.6) is 0 Å². The molecule has 1 aromatic rings. The van der Waals surface area contributed by atoms with Gasteiger partial charge in [-0.1, -0.05) is 12.1 Å². The van der Waals surface area contributed by atoms with E-state index in [2.05, 4.69) is 0 Å². The van der Waals surface area contributed by atoms with Crippen molar-refractivity contribution < 1.29 is 14.9 Å². The largest absolute Gasteiger partial charge is 0.396 e. The fourth-order valence-corrected chi connectivity index (χ4v) is 2.74. The molecule has 20 heavy (non-hydrogen) atoms. The van der Waals surface area contributed by atoms with Gasteiger partial charge in [0.05, 0.1) is 36.7 Å². The number of likely N-dealkylation sites (tertiary alicyclic amines) is 1. The molecule has 1 unspecified atom stereocenters. The summed E-state index contributed by atoms with van der Waals surface area (Å²) in [7, 11) is 0. The SMILES string of the molecule is O=[N+]([O-])c1ccccc1/C=C/C[NH+]1CCC[C@@H](CO)C1. The maximum absolute atomic E-state index is 10.9. The Kier molecular flexibility index (Phi) is 5.26. The standard InChI is InChI=1S/C15H20N2O3/c18-12-13-5-3-9-16(11-13)10-4-7-14-6-1-2-8-15(14)17(19)20/h1-2,4,6-8,13,18H,3,5,9-12H2/p+1/b7-4+/t13-/m1/s1. The Hall–Kier alpha value is -1.72. The second-order valence-corrected chi connectivity index (χ2v) is 5.32. The summed E-state index contributed by atoms with van der Waals surface area (Å²) in [5.41, 5.74) is 0.790. The van der Waals surface area contributed by atoms with Crippen molar-refractivity contribution in [2.75, 3.05) is 26.2 Å². The van der Waals surface area contributed by atoms with Crippen LogP contribution in [0.15, 0.2) is 30.3 Å². The van der Waals surface area contributed by atoms with Crippen LogP contribution in [-0.2, 0) is 0 Å². The van der Waals surface area contributed by atoms with Crippen molar-refractivity contribution in [2.45, 2.75) is 12.8 Å². The Balaban J connectivity index is 1.95. The normalized spacial score (nSPS) is 23.1. The molecule has 0 bridgehead atoms. The number of quaternary nitrogens is 1. The van der Waals surface area contributed by atoms with Crippen LogP contribution < -0.4 is 4.90 Å². The molecule has 1 aliphatic rings. The van der Waals surface area contributed by atoms with Gasteiger partial charge < -0.3 is 10.0 Å². The molecule has 1 aromatic carbocycles. The third kappa shape index (κ3) is 3.88. The van der Waals surface area contributed by atoms with Crippen molar-refractivity contribution in [1.29, 1.82) is 0 Å². The number of benzene rings is 1. The second kappa shape index (κ2) is 7.17. The van der Waals surface area contributed by atoms with E-state index < -0.39 is 0 Å². The predicted molar refractivity (Wildman–Crippen MR) is 77.5 cm³/mol. The first-order valence-corrected chi connectivity index (χ1v) is 7.05. The molecule has 0 amide bonds. The first-order valence-electron chi connectivity index (χ1n) is 7.05. The summed E-state index contributed by atoms with van der Waals surface area (Å²) in [6.07, 6.45) is 6.07. The van der Waals surface area contributed by atoms with Crippen LogP contribution in [0.4, 0.5) is 5.69 Å². The van der Waals surface area contributed by atoms with Crippen LogP contribution in [0.25, 0.3) is 6.08 Å². The summed E-state index contributed by atoms with van der Waals surface area (Å²) in [6, 6.07) is 6.77. The van der Waals surface area contributed by atoms with E-state index in [0.29, 0.717) is 11.5 Å². The van der Waals surface area contributed by atoms with Gasteiger partial charge in [-0.2, -0.15) is 0 Å². The lowest BCUT2D eigenvalue weighted by Crippen LogP contribution is -3.13. The molecule has 1 fully saturated rings. The number of para-hydroxylation sites is 1. The molecule has 0 spiro atoms. The third-order valence-electron chi connectivity index (χ3n) is 3.82. The van der Waals surface area contributed by atoms with Crippen molar-refractivity contribution in [3.8, 4) is 0 Å². The van der Waals surface area contributed by atoms with E-state index in [4.69, 9.17) is 0 Å². The third-order valence-corrected chi connectivity index (χ3v) is 3.82. The maximum Gasteiger partial charge on any atom is 0.276 e. The average molecular weight is 277 g/mol. The van der Waals surface area contributed by atoms with Crippen LogP contribution in [0.3, 0.4) is 0 Å². The number of nitrogens with zero attached hydrogens (tertiary/aromatic N) is 1. The van der Waals surface area contributed by atoms with Gasteiger partial charge in [-0.25, -0.2) is 0 Å². The van der Waals surface area contributed by atoms with Crippen LogP contribution in [0.2, 0.25) is 0 Å². The zero-order chi connectivity index (χ0) is 14.4. The first kappa shape index (κ1) is 14.7. The molecule has 1 aliphatic heterocycles. The molecule has 5 heteroatoms. The van der Waals surface area contributed by atoms with Gasteiger partial charge in [0, 0.05) is 12.0 Å². The highest BCUT2D eigenvalue weighted by Crippen LogP contribution is 2.18. The summed E-state index contributed by atoms with van der Waals surface area (Å²) in [6.45, 7) is 3.20. The van der Waals surface area contributed by atoms with Crippen molar-refractivity contribution in [3.05, 3.63) is 46.0 Å². The van der Waals surface area contributed by atoms with Gasteiger partial charge in [0.25, 0.3) is 5.69 Å². The lowest BCUT2D eigenvalue weighted by Gasteiger charge is -2.27. The number of hydrogen-bond acceptors (Lipinski definition) is 3. The van der Waals surface area contributed by atoms with Gasteiger partial charge in [0.1, 0.15) is 0 Å². The van der Waals surface area contributed by atoms with Crippen LogP contribution in [0, 0.1) is 16.0 Å². The average Bonchev–Trinajstić information content (AvgIpc) is 2.48. The molecule has 1 heterocycles. The molecule has 1 saturated heterocycles. The molecular formula is C15H21N2O3+. The number of aliphatic hydroxyl groups excluding tert-OH is 1. The van der Waals surface area contributed by atoms with E-state index in [1.54, 1.807) is 12.1 Å². The van der Waals surface area contributed by atoms with Gasteiger partial charge in [0.15, 0.2) is 0 Å². The quantitative estimate of drug-likeness (QED) is 0.620. The predicted octanol–water partition coefficient (Wildman–Crippen LogP) is 0.895. The number of rotatable bonds is 5. The minimum atomic E-state index is -0.352. The number of nitro benzene ring substituents is 1. The molecule has 0 aliphatic carbocycles. The van der Waals surface area contributed by atoms with Gasteiger partial charge in [-0.05, 0) is 31.1 Å². The minimum Gasteiger partial charge on any atom is -0.396 e. The summed E-state index contributed by atoms with van der Waals surface area (Å²) in [5, 5.41) is 20.1. The van der Waals surface area contributed by atoms with E-state index in [1.807, 2.05) is 18.2 Å². The van der Waals surface area contributed by atoms with Crippen molar-refractivity contribution >= 4 is 11.8 Å². The van der Waals surface area contributed by atoms with Crippen molar-refractivity contribution in [1.82, 2.24) is 0 Å². The molecule has 2 atom stereocenters. The number of aliphatic hydroxyl groups is 1. The Labute approximate surface area is 118 Å². The van der Waals surface area contributed by atoms with Gasteiger partial charge >= 0.3 is 0 Å². The molecule has 2 N–H and O–H groups in total. The molecule has 2 rings (SSSR count). The van der Waals surface area contributed by atoms with Crippen molar-refractivity contribution in [3.63, 3.8) is 0 Å². The first-order chi connectivity index (χ1) is 9.70. The lowest BCUT2D eigenvalue weighted by atomic mass is 9.99. The summed E-state index contributed by atoms with van der Waals surface area (Å²) < 4.78 is 0. The summed E-state index contributed by atoms with van der Waals surface area (Å²) in [4.78, 5) is 12.0. The minimum absolute atomic E-state index is 0.144. The van der Waals surface area contributed by atoms with Crippen LogP contribution in [-0.4, -0.2) is 36.3 Å². The topological polar surface area (TPSA) is 67.8 Å². The van der Waals surface area contributed by atoms with Crippen LogP contribution >= 0.6 is 0 Å². The summed E-state index contributed by atoms with van der Waals surface area (Å²) in [5.74, 6) is 0.401. The number of piperidine rings is 1. The van der Waals surface area contributed by atoms with Crippen molar-refractivity contribution in [2.24, 2.45) is 5.92 Å². The second-order valence-electron chi connectivity index (χ2n) is 5.32. The van der Waals surface area contributed by atoms with Gasteiger partial charge in [0.2, 0.25) is 0 Å². The van der Waals surface area contributed by atoms with Gasteiger partial charge in [-0.3, -0.25) is 10.1 Å². The lowest BCUT2D eigenvalue weighted by molar-refractivity contribution is -0.903. The molecule has 5 nitrogen and oxygen atoms in total. The van der Waals surface area contributed by atoms with E-state index in [9.17, 15) is 15.2 Å². The zero-order valence-corrected chi connectivity index (χ0v) is 11.5. The summed E-state index contributed by atoms with van der Waals surface area (Å²) >= 11 is 0. The Morgan fingerprint density at radius 1 is 1.45 bits per heavy atom. The molecule has 108 valence electrons. The van der Waals surface area contributed by atoms with Gasteiger partial charge in [-0.15, -0.1) is 0 Å². The highest BCUT2D eigenvalue weighted by atomic mass is 16.6. The molecule has 0 saturated carbocycles. The molecular weight excluding hydrogens is 256 g/mol.